The van der Waals surface area contributed by atoms with Crippen molar-refractivity contribution < 1.29 is 18.0 Å². The molecule has 27 heavy (non-hydrogen) atoms. The minimum absolute atomic E-state index is 0.0341. The Labute approximate surface area is 156 Å². The Balaban J connectivity index is 1.68. The third kappa shape index (κ3) is 4.68. The minimum atomic E-state index is -3.10. The van der Waals surface area contributed by atoms with Crippen molar-refractivity contribution in [3.63, 3.8) is 0 Å². The van der Waals surface area contributed by atoms with Crippen molar-refractivity contribution in [3.8, 4) is 6.07 Å². The van der Waals surface area contributed by atoms with Crippen molar-refractivity contribution in [2.45, 2.75) is 12.5 Å². The molecule has 2 heterocycles. The molecular weight excluding hydrogens is 368 g/mol. The van der Waals surface area contributed by atoms with E-state index in [1.165, 1.54) is 18.3 Å². The normalized spacial score (nSPS) is 17.7. The monoisotopic (exact) mass is 384 g/mol. The number of carbonyl (C=O) groups is 2. The predicted octanol–water partition coefficient (Wildman–Crippen LogP) is 1.12. The molecule has 0 bridgehead atoms. The van der Waals surface area contributed by atoms with Gasteiger partial charge in [0, 0.05) is 23.5 Å². The molecule has 0 radical (unpaired) electrons. The lowest BCUT2D eigenvalue weighted by atomic mass is 10.1. The second-order valence-electron chi connectivity index (χ2n) is 6.15. The first-order valence-corrected chi connectivity index (χ1v) is 9.97. The Morgan fingerprint density at radius 1 is 1.15 bits per heavy atom. The number of rotatable bonds is 4. The number of hydrogen-bond donors (Lipinski definition) is 2. The highest BCUT2D eigenvalue weighted by atomic mass is 32.2. The number of amides is 2. The number of benzene rings is 1. The van der Waals surface area contributed by atoms with E-state index in [-0.39, 0.29) is 22.8 Å². The molecule has 0 saturated carbocycles. The van der Waals surface area contributed by atoms with Crippen LogP contribution in [0.3, 0.4) is 0 Å². The maximum Gasteiger partial charge on any atom is 0.270 e. The number of anilines is 1. The van der Waals surface area contributed by atoms with Gasteiger partial charge in [-0.25, -0.2) is 8.42 Å². The number of nitrogens with zero attached hydrogens (tertiary/aromatic N) is 2. The second kappa shape index (κ2) is 7.55. The van der Waals surface area contributed by atoms with Crippen LogP contribution in [0, 0.1) is 11.3 Å². The van der Waals surface area contributed by atoms with Gasteiger partial charge >= 0.3 is 0 Å². The van der Waals surface area contributed by atoms with Crippen LogP contribution < -0.4 is 10.6 Å². The molecule has 1 aromatic heterocycles. The summed E-state index contributed by atoms with van der Waals surface area (Å²) < 4.78 is 23.0. The molecule has 8 nitrogen and oxygen atoms in total. The molecule has 1 aromatic carbocycles. The molecule has 1 atom stereocenters. The zero-order valence-electron chi connectivity index (χ0n) is 14.2. The van der Waals surface area contributed by atoms with Gasteiger partial charge in [0.25, 0.3) is 11.8 Å². The summed E-state index contributed by atoms with van der Waals surface area (Å²) in [6.45, 7) is 0. The fourth-order valence-electron chi connectivity index (χ4n) is 2.70. The van der Waals surface area contributed by atoms with Gasteiger partial charge in [-0.15, -0.1) is 0 Å². The van der Waals surface area contributed by atoms with E-state index in [9.17, 15) is 18.0 Å². The Hall–Kier alpha value is -3.25. The Morgan fingerprint density at radius 3 is 2.52 bits per heavy atom. The number of aromatic nitrogens is 1. The highest BCUT2D eigenvalue weighted by Gasteiger charge is 2.29. The van der Waals surface area contributed by atoms with E-state index in [0.717, 1.165) is 0 Å². The number of hydrogen-bond acceptors (Lipinski definition) is 6. The Bertz CT molecular complexity index is 1030. The lowest BCUT2D eigenvalue weighted by Crippen LogP contribution is -2.36. The van der Waals surface area contributed by atoms with Crippen molar-refractivity contribution in [3.05, 3.63) is 59.4 Å². The third-order valence-corrected chi connectivity index (χ3v) is 5.86. The van der Waals surface area contributed by atoms with Crippen molar-refractivity contribution in [1.29, 1.82) is 5.26 Å². The van der Waals surface area contributed by atoms with Gasteiger partial charge in [0.05, 0.1) is 23.1 Å². The van der Waals surface area contributed by atoms with Gasteiger partial charge in [0.2, 0.25) is 0 Å². The summed E-state index contributed by atoms with van der Waals surface area (Å²) >= 11 is 0. The molecule has 3 rings (SSSR count). The van der Waals surface area contributed by atoms with Crippen LogP contribution in [-0.2, 0) is 9.84 Å². The average molecular weight is 384 g/mol. The molecule has 1 fully saturated rings. The summed E-state index contributed by atoms with van der Waals surface area (Å²) in [4.78, 5) is 28.6. The van der Waals surface area contributed by atoms with Crippen LogP contribution >= 0.6 is 0 Å². The summed E-state index contributed by atoms with van der Waals surface area (Å²) in [6.07, 6.45) is 1.71. The highest BCUT2D eigenvalue weighted by Crippen LogP contribution is 2.13. The molecule has 2 aromatic rings. The summed E-state index contributed by atoms with van der Waals surface area (Å²) in [5.74, 6) is -0.986. The first-order chi connectivity index (χ1) is 12.9. The van der Waals surface area contributed by atoms with Gasteiger partial charge in [-0.3, -0.25) is 14.6 Å². The van der Waals surface area contributed by atoms with Crippen molar-refractivity contribution >= 4 is 27.3 Å². The minimum Gasteiger partial charge on any atom is -0.347 e. The SMILES string of the molecule is N#Cc1ccc(NC(=O)c2ccnc(C(=O)NC3CCS(=O)(=O)C3)c2)cc1. The van der Waals surface area contributed by atoms with Gasteiger partial charge in [0.1, 0.15) is 5.69 Å². The van der Waals surface area contributed by atoms with Gasteiger partial charge in [-0.2, -0.15) is 5.26 Å². The second-order valence-corrected chi connectivity index (χ2v) is 8.38. The molecular formula is C18H16N4O4S. The molecule has 1 saturated heterocycles. The van der Waals surface area contributed by atoms with Gasteiger partial charge in [-0.1, -0.05) is 0 Å². The smallest absolute Gasteiger partial charge is 0.270 e. The molecule has 1 aliphatic rings. The molecule has 1 aliphatic heterocycles. The topological polar surface area (TPSA) is 129 Å². The number of nitriles is 1. The van der Waals surface area contributed by atoms with Crippen molar-refractivity contribution in [2.24, 2.45) is 0 Å². The summed E-state index contributed by atoms with van der Waals surface area (Å²) in [7, 11) is -3.10. The first kappa shape index (κ1) is 18.5. The zero-order valence-corrected chi connectivity index (χ0v) is 15.0. The quantitative estimate of drug-likeness (QED) is 0.813. The number of nitrogens with one attached hydrogen (secondary N) is 2. The van der Waals surface area contributed by atoms with Crippen LogP contribution in [0.5, 0.6) is 0 Å². The maximum atomic E-state index is 12.4. The Kier molecular flexibility index (Phi) is 5.19. The maximum absolute atomic E-state index is 12.4. The van der Waals surface area contributed by atoms with E-state index >= 15 is 0 Å². The zero-order chi connectivity index (χ0) is 19.4. The fraction of sp³-hybridized carbons (Fsp3) is 0.222. The fourth-order valence-corrected chi connectivity index (χ4v) is 4.37. The van der Waals surface area contributed by atoms with Crippen LogP contribution in [0.2, 0.25) is 0 Å². The number of carbonyl (C=O) groups excluding carboxylic acids is 2. The largest absolute Gasteiger partial charge is 0.347 e. The van der Waals surface area contributed by atoms with E-state index < -0.39 is 27.7 Å². The summed E-state index contributed by atoms with van der Waals surface area (Å²) in [6, 6.07) is 10.7. The van der Waals surface area contributed by atoms with Crippen LogP contribution in [0.15, 0.2) is 42.6 Å². The number of sulfone groups is 1. The third-order valence-electron chi connectivity index (χ3n) is 4.09. The van der Waals surface area contributed by atoms with Gasteiger partial charge in [-0.05, 0) is 42.8 Å². The lowest BCUT2D eigenvalue weighted by Gasteiger charge is -2.11. The molecule has 0 aliphatic carbocycles. The van der Waals surface area contributed by atoms with Crippen molar-refractivity contribution in [1.82, 2.24) is 10.3 Å². The molecule has 2 N–H and O–H groups in total. The highest BCUT2D eigenvalue weighted by molar-refractivity contribution is 7.91. The van der Waals surface area contributed by atoms with Crippen LogP contribution in [0.4, 0.5) is 5.69 Å². The van der Waals surface area contributed by atoms with Gasteiger partial charge in [0.15, 0.2) is 9.84 Å². The Morgan fingerprint density at radius 2 is 1.89 bits per heavy atom. The van der Waals surface area contributed by atoms with Crippen LogP contribution in [-0.4, -0.2) is 42.8 Å². The van der Waals surface area contributed by atoms with Gasteiger partial charge < -0.3 is 10.6 Å². The predicted molar refractivity (Wildman–Crippen MR) is 97.9 cm³/mol. The summed E-state index contributed by atoms with van der Waals surface area (Å²) in [5, 5.41) is 14.1. The van der Waals surface area contributed by atoms with E-state index in [4.69, 9.17) is 5.26 Å². The van der Waals surface area contributed by atoms with E-state index in [1.807, 2.05) is 6.07 Å². The van der Waals surface area contributed by atoms with E-state index in [0.29, 0.717) is 17.7 Å². The van der Waals surface area contributed by atoms with Crippen LogP contribution in [0.1, 0.15) is 32.8 Å². The molecule has 9 heteroatoms. The molecule has 2 amide bonds. The average Bonchev–Trinajstić information content (AvgIpc) is 3.00. The lowest BCUT2D eigenvalue weighted by molar-refractivity contribution is 0.0936. The number of pyridine rings is 1. The standard InChI is InChI=1S/C18H16N4O4S/c19-10-12-1-3-14(4-2-12)21-17(23)13-5-7-20-16(9-13)18(24)22-15-6-8-27(25,26)11-15/h1-5,7,9,15H,6,8,11H2,(H,21,23)(H,22,24). The van der Waals surface area contributed by atoms with E-state index in [2.05, 4.69) is 15.6 Å². The summed E-state index contributed by atoms with van der Waals surface area (Å²) in [5.41, 5.74) is 1.26. The van der Waals surface area contributed by atoms with Crippen LogP contribution in [0.25, 0.3) is 0 Å². The van der Waals surface area contributed by atoms with Crippen molar-refractivity contribution in [2.75, 3.05) is 16.8 Å². The first-order valence-electron chi connectivity index (χ1n) is 8.15. The van der Waals surface area contributed by atoms with E-state index in [1.54, 1.807) is 24.3 Å². The molecule has 1 unspecified atom stereocenters. The molecule has 138 valence electrons. The molecule has 0 spiro atoms.